The van der Waals surface area contributed by atoms with Gasteiger partial charge in [0.1, 0.15) is 5.75 Å². The van der Waals surface area contributed by atoms with Crippen molar-refractivity contribution in [3.63, 3.8) is 0 Å². The number of carboxylic acid groups (broad SMARTS) is 1. The van der Waals surface area contributed by atoms with Crippen molar-refractivity contribution in [3.05, 3.63) is 58.1 Å². The van der Waals surface area contributed by atoms with Crippen LogP contribution in [-0.2, 0) is 11.2 Å². The lowest BCUT2D eigenvalue weighted by molar-refractivity contribution is -0.136. The van der Waals surface area contributed by atoms with Crippen LogP contribution in [0.2, 0.25) is 10.0 Å². The summed E-state index contributed by atoms with van der Waals surface area (Å²) >= 11 is 12.0. The number of benzene rings is 2. The molecule has 0 heterocycles. The molecule has 0 bridgehead atoms. The third-order valence-electron chi connectivity index (χ3n) is 2.45. The topological polar surface area (TPSA) is 46.5 Å². The van der Waals surface area contributed by atoms with E-state index >= 15 is 0 Å². The predicted octanol–water partition coefficient (Wildman–Crippen LogP) is 4.41. The van der Waals surface area contributed by atoms with E-state index in [4.69, 9.17) is 33.0 Å². The van der Waals surface area contributed by atoms with E-state index in [1.807, 2.05) is 0 Å². The molecule has 19 heavy (non-hydrogen) atoms. The van der Waals surface area contributed by atoms with Crippen LogP contribution in [0.5, 0.6) is 11.5 Å². The third kappa shape index (κ3) is 3.40. The van der Waals surface area contributed by atoms with E-state index in [1.54, 1.807) is 42.5 Å². The minimum Gasteiger partial charge on any atom is -0.481 e. The molecule has 1 N–H and O–H groups in total. The number of aliphatic carboxylic acids is 1. The highest BCUT2D eigenvalue weighted by Crippen LogP contribution is 2.37. The van der Waals surface area contributed by atoms with E-state index < -0.39 is 5.97 Å². The fourth-order valence-corrected chi connectivity index (χ4v) is 2.08. The first-order chi connectivity index (χ1) is 9.08. The Kier molecular flexibility index (Phi) is 4.30. The van der Waals surface area contributed by atoms with Crippen LogP contribution < -0.4 is 4.74 Å². The first-order valence-electron chi connectivity index (χ1n) is 5.49. The number of hydrogen-bond donors (Lipinski definition) is 1. The van der Waals surface area contributed by atoms with E-state index in [2.05, 4.69) is 0 Å². The van der Waals surface area contributed by atoms with Gasteiger partial charge in [-0.15, -0.1) is 0 Å². The van der Waals surface area contributed by atoms with Crippen LogP contribution in [0.1, 0.15) is 5.56 Å². The largest absolute Gasteiger partial charge is 0.481 e. The van der Waals surface area contributed by atoms with Crippen molar-refractivity contribution in [1.82, 2.24) is 0 Å². The van der Waals surface area contributed by atoms with Crippen LogP contribution in [0, 0.1) is 0 Å². The fraction of sp³-hybridized carbons (Fsp3) is 0.0714. The minimum atomic E-state index is -0.929. The Hall–Kier alpha value is -1.71. The van der Waals surface area contributed by atoms with Gasteiger partial charge in [-0.1, -0.05) is 47.5 Å². The zero-order valence-corrected chi connectivity index (χ0v) is 11.3. The number of carboxylic acids is 1. The first-order valence-corrected chi connectivity index (χ1v) is 6.25. The molecule has 2 aromatic carbocycles. The average Bonchev–Trinajstić information content (AvgIpc) is 2.35. The Balaban J connectivity index is 2.36. The summed E-state index contributed by atoms with van der Waals surface area (Å²) in [6.45, 7) is 0. The monoisotopic (exact) mass is 296 g/mol. The number of ether oxygens (including phenoxy) is 1. The molecule has 5 heteroatoms. The molecule has 0 aliphatic rings. The van der Waals surface area contributed by atoms with Crippen LogP contribution >= 0.6 is 23.2 Å². The van der Waals surface area contributed by atoms with Crippen molar-refractivity contribution in [1.29, 1.82) is 0 Å². The van der Waals surface area contributed by atoms with E-state index in [0.717, 1.165) is 0 Å². The average molecular weight is 297 g/mol. The van der Waals surface area contributed by atoms with Gasteiger partial charge in [0, 0.05) is 5.56 Å². The third-order valence-corrected chi connectivity index (χ3v) is 3.04. The highest BCUT2D eigenvalue weighted by atomic mass is 35.5. The molecular formula is C14H10Cl2O3. The molecule has 0 aliphatic carbocycles. The van der Waals surface area contributed by atoms with Crippen LogP contribution in [0.4, 0.5) is 0 Å². The molecule has 98 valence electrons. The maximum Gasteiger partial charge on any atom is 0.307 e. The molecule has 0 saturated carbocycles. The summed E-state index contributed by atoms with van der Waals surface area (Å²) in [6, 6.07) is 11.9. The van der Waals surface area contributed by atoms with Gasteiger partial charge in [-0.3, -0.25) is 4.79 Å². The quantitative estimate of drug-likeness (QED) is 0.909. The van der Waals surface area contributed by atoms with E-state index in [1.165, 1.54) is 0 Å². The predicted molar refractivity (Wildman–Crippen MR) is 74.3 cm³/mol. The van der Waals surface area contributed by atoms with Crippen molar-refractivity contribution in [3.8, 4) is 11.5 Å². The number of hydrogen-bond acceptors (Lipinski definition) is 2. The zero-order chi connectivity index (χ0) is 13.8. The first kappa shape index (κ1) is 13.7. The number of halogens is 2. The Morgan fingerprint density at radius 2 is 1.68 bits per heavy atom. The van der Waals surface area contributed by atoms with Gasteiger partial charge in [0.15, 0.2) is 5.75 Å². The lowest BCUT2D eigenvalue weighted by atomic mass is 10.1. The van der Waals surface area contributed by atoms with Crippen molar-refractivity contribution in [2.75, 3.05) is 0 Å². The highest BCUT2D eigenvalue weighted by Gasteiger charge is 2.12. The Labute approximate surface area is 120 Å². The number of carbonyl (C=O) groups is 1. The summed E-state index contributed by atoms with van der Waals surface area (Å²) in [4.78, 5) is 10.8. The van der Waals surface area contributed by atoms with Gasteiger partial charge < -0.3 is 9.84 Å². The van der Waals surface area contributed by atoms with Crippen LogP contribution in [-0.4, -0.2) is 11.1 Å². The second-order valence-corrected chi connectivity index (χ2v) is 4.65. The molecule has 0 radical (unpaired) electrons. The van der Waals surface area contributed by atoms with E-state index in [-0.39, 0.29) is 6.42 Å². The molecule has 0 atom stereocenters. The van der Waals surface area contributed by atoms with Crippen molar-refractivity contribution in [2.24, 2.45) is 0 Å². The smallest absolute Gasteiger partial charge is 0.307 e. The van der Waals surface area contributed by atoms with Crippen LogP contribution in [0.25, 0.3) is 0 Å². The van der Waals surface area contributed by atoms with Crippen molar-refractivity contribution < 1.29 is 14.6 Å². The Bertz CT molecular complexity index is 591. The van der Waals surface area contributed by atoms with Gasteiger partial charge in [-0.05, 0) is 18.2 Å². The standard InChI is InChI=1S/C14H10Cl2O3/c15-10-5-3-6-11(16)14(10)19-12-7-2-1-4-9(12)8-13(17)18/h1-7H,8H2,(H,17,18). The van der Waals surface area contributed by atoms with Crippen LogP contribution in [0.15, 0.2) is 42.5 Å². The Morgan fingerprint density at radius 3 is 2.32 bits per heavy atom. The summed E-state index contributed by atoms with van der Waals surface area (Å²) in [7, 11) is 0. The summed E-state index contributed by atoms with van der Waals surface area (Å²) in [5.41, 5.74) is 0.561. The molecule has 0 aromatic heterocycles. The second kappa shape index (κ2) is 5.95. The van der Waals surface area contributed by atoms with Crippen molar-refractivity contribution >= 4 is 29.2 Å². The Morgan fingerprint density at radius 1 is 1.05 bits per heavy atom. The minimum absolute atomic E-state index is 0.127. The number of rotatable bonds is 4. The summed E-state index contributed by atoms with van der Waals surface area (Å²) in [5.74, 6) is -0.176. The van der Waals surface area contributed by atoms with Gasteiger partial charge in [0.05, 0.1) is 16.5 Å². The molecule has 2 rings (SSSR count). The zero-order valence-electron chi connectivity index (χ0n) is 9.77. The molecular weight excluding hydrogens is 287 g/mol. The van der Waals surface area contributed by atoms with Gasteiger partial charge in [-0.2, -0.15) is 0 Å². The molecule has 0 aliphatic heterocycles. The van der Waals surface area contributed by atoms with E-state index in [9.17, 15) is 4.79 Å². The van der Waals surface area contributed by atoms with E-state index in [0.29, 0.717) is 27.1 Å². The number of para-hydroxylation sites is 2. The maximum absolute atomic E-state index is 10.8. The molecule has 0 amide bonds. The molecule has 3 nitrogen and oxygen atoms in total. The molecule has 0 unspecified atom stereocenters. The second-order valence-electron chi connectivity index (χ2n) is 3.83. The lowest BCUT2D eigenvalue weighted by Gasteiger charge is -2.12. The van der Waals surface area contributed by atoms with Crippen molar-refractivity contribution in [2.45, 2.75) is 6.42 Å². The lowest BCUT2D eigenvalue weighted by Crippen LogP contribution is -2.02. The molecule has 0 spiro atoms. The van der Waals surface area contributed by atoms with Gasteiger partial charge in [-0.25, -0.2) is 0 Å². The van der Waals surface area contributed by atoms with Gasteiger partial charge >= 0.3 is 5.97 Å². The summed E-state index contributed by atoms with van der Waals surface area (Å²) in [5, 5.41) is 9.60. The summed E-state index contributed by atoms with van der Waals surface area (Å²) < 4.78 is 5.64. The molecule has 0 saturated heterocycles. The fourth-order valence-electron chi connectivity index (χ4n) is 1.60. The summed E-state index contributed by atoms with van der Waals surface area (Å²) in [6.07, 6.45) is -0.127. The normalized spacial score (nSPS) is 10.2. The highest BCUT2D eigenvalue weighted by molar-refractivity contribution is 6.37. The van der Waals surface area contributed by atoms with Gasteiger partial charge in [0.25, 0.3) is 0 Å². The van der Waals surface area contributed by atoms with Gasteiger partial charge in [0.2, 0.25) is 0 Å². The molecule has 0 fully saturated rings. The maximum atomic E-state index is 10.8. The SMILES string of the molecule is O=C(O)Cc1ccccc1Oc1c(Cl)cccc1Cl. The van der Waals surface area contributed by atoms with Crippen LogP contribution in [0.3, 0.4) is 0 Å². The molecule has 2 aromatic rings.